The maximum Gasteiger partial charge on any atom is 0.191 e. The van der Waals surface area contributed by atoms with E-state index in [-0.39, 0.29) is 12.2 Å². The molecule has 0 radical (unpaired) electrons. The first-order chi connectivity index (χ1) is 12.4. The van der Waals surface area contributed by atoms with E-state index in [0.717, 1.165) is 25.9 Å². The molecule has 0 amide bonds. The van der Waals surface area contributed by atoms with Crippen molar-refractivity contribution in [3.05, 3.63) is 12.2 Å². The van der Waals surface area contributed by atoms with Gasteiger partial charge in [0.1, 0.15) is 6.10 Å². The molecule has 0 aromatic carbocycles. The molecule has 1 aliphatic heterocycles. The Kier molecular flexibility index (Phi) is 10.2. The molecule has 0 saturated carbocycles. The Labute approximate surface area is 168 Å². The van der Waals surface area contributed by atoms with Crippen molar-refractivity contribution in [2.75, 3.05) is 13.2 Å². The molecule has 1 unspecified atom stereocenters. The Hall–Kier alpha value is -0.203. The van der Waals surface area contributed by atoms with E-state index in [1.165, 1.54) is 25.7 Å². The lowest BCUT2D eigenvalue weighted by Gasteiger charge is -2.36. The summed E-state index contributed by atoms with van der Waals surface area (Å²) < 4.78 is 17.4. The van der Waals surface area contributed by atoms with E-state index in [2.05, 4.69) is 33.9 Å². The highest BCUT2D eigenvalue weighted by Crippen LogP contribution is 2.36. The van der Waals surface area contributed by atoms with Gasteiger partial charge < -0.3 is 19.0 Å². The summed E-state index contributed by atoms with van der Waals surface area (Å²) in [6, 6.07) is 0. The summed E-state index contributed by atoms with van der Waals surface area (Å²) in [7, 11) is -1.58. The summed E-state index contributed by atoms with van der Waals surface area (Å²) in [6.07, 6.45) is 11.3. The average molecular weight is 401 g/mol. The lowest BCUT2D eigenvalue weighted by atomic mass is 10.1. The summed E-state index contributed by atoms with van der Waals surface area (Å²) >= 11 is 0. The molecule has 0 bridgehead atoms. The molecule has 1 N–H and O–H groups in total. The molecule has 1 rings (SSSR count). The number of rotatable bonds is 12. The van der Waals surface area contributed by atoms with Crippen LogP contribution in [0.2, 0.25) is 18.1 Å². The van der Waals surface area contributed by atoms with E-state index in [4.69, 9.17) is 13.9 Å². The van der Waals surface area contributed by atoms with Crippen molar-refractivity contribution >= 4 is 8.32 Å². The molecule has 1 saturated heterocycles. The van der Waals surface area contributed by atoms with Crippen LogP contribution in [0.3, 0.4) is 0 Å². The number of hydrogen-bond donors (Lipinski definition) is 1. The second kappa shape index (κ2) is 11.1. The van der Waals surface area contributed by atoms with Crippen molar-refractivity contribution < 1.29 is 19.0 Å². The van der Waals surface area contributed by atoms with E-state index >= 15 is 0 Å². The maximum atomic E-state index is 10.1. The van der Waals surface area contributed by atoms with Gasteiger partial charge in [0.2, 0.25) is 0 Å². The Balaban J connectivity index is 1.98. The number of hydrogen-bond acceptors (Lipinski definition) is 4. The summed E-state index contributed by atoms with van der Waals surface area (Å²) in [4.78, 5) is 0. The van der Waals surface area contributed by atoms with Crippen LogP contribution < -0.4 is 0 Å². The summed E-state index contributed by atoms with van der Waals surface area (Å²) in [5, 5.41) is 10.4. The van der Waals surface area contributed by atoms with Crippen LogP contribution in [0.15, 0.2) is 12.2 Å². The highest BCUT2D eigenvalue weighted by Gasteiger charge is 2.36. The third kappa shape index (κ3) is 10.2. The van der Waals surface area contributed by atoms with Crippen molar-refractivity contribution in [3.63, 3.8) is 0 Å². The monoisotopic (exact) mass is 400 g/mol. The van der Waals surface area contributed by atoms with Crippen LogP contribution in [0.25, 0.3) is 0 Å². The van der Waals surface area contributed by atoms with E-state index in [9.17, 15) is 5.11 Å². The first-order valence-corrected chi connectivity index (χ1v) is 13.7. The summed E-state index contributed by atoms with van der Waals surface area (Å²) in [5.41, 5.74) is 0. The fourth-order valence-electron chi connectivity index (χ4n) is 2.87. The molecule has 1 fully saturated rings. The number of aliphatic hydroxyl groups is 1. The molecule has 27 heavy (non-hydrogen) atoms. The van der Waals surface area contributed by atoms with Gasteiger partial charge in [-0.05, 0) is 44.8 Å². The maximum absolute atomic E-state index is 10.1. The standard InChI is InChI=1S/C22H44O4Si/c1-21(2,3)27(6,7)25-17-13-11-9-8-10-12-14-19(23)15-16-20-18-24-22(4,5)26-20/h15-16,19-20,23H,8-14,17-18H2,1-7H3/b16-15+/t19?,20-/m0/s1. The summed E-state index contributed by atoms with van der Waals surface area (Å²) in [5.74, 6) is -0.504. The molecule has 0 aliphatic carbocycles. The van der Waals surface area contributed by atoms with Gasteiger partial charge in [-0.15, -0.1) is 0 Å². The molecule has 160 valence electrons. The van der Waals surface area contributed by atoms with E-state index < -0.39 is 14.1 Å². The highest BCUT2D eigenvalue weighted by atomic mass is 28.4. The molecule has 4 nitrogen and oxygen atoms in total. The van der Waals surface area contributed by atoms with Crippen LogP contribution in [0.4, 0.5) is 0 Å². The van der Waals surface area contributed by atoms with E-state index in [0.29, 0.717) is 11.6 Å². The second-order valence-corrected chi connectivity index (χ2v) is 14.6. The number of unbranched alkanes of at least 4 members (excludes halogenated alkanes) is 5. The average Bonchev–Trinajstić information content (AvgIpc) is 2.89. The van der Waals surface area contributed by atoms with Gasteiger partial charge in [-0.25, -0.2) is 0 Å². The third-order valence-corrected chi connectivity index (χ3v) is 10.3. The Morgan fingerprint density at radius 3 is 2.26 bits per heavy atom. The highest BCUT2D eigenvalue weighted by molar-refractivity contribution is 6.74. The molecular weight excluding hydrogens is 356 g/mol. The van der Waals surface area contributed by atoms with Gasteiger partial charge in [0.25, 0.3) is 0 Å². The van der Waals surface area contributed by atoms with Gasteiger partial charge in [-0.3, -0.25) is 0 Å². The number of aliphatic hydroxyl groups excluding tert-OH is 1. The molecule has 0 spiro atoms. The van der Waals surface area contributed by atoms with Gasteiger partial charge in [0, 0.05) is 6.61 Å². The first kappa shape index (κ1) is 24.8. The zero-order valence-corrected chi connectivity index (χ0v) is 19.8. The zero-order chi connectivity index (χ0) is 20.6. The van der Waals surface area contributed by atoms with Crippen molar-refractivity contribution in [1.29, 1.82) is 0 Å². The van der Waals surface area contributed by atoms with E-state index in [1.54, 1.807) is 0 Å². The van der Waals surface area contributed by atoms with Gasteiger partial charge in [0.05, 0.1) is 12.7 Å². The minimum absolute atomic E-state index is 0.0387. The van der Waals surface area contributed by atoms with Crippen LogP contribution in [-0.2, 0) is 13.9 Å². The normalized spacial score (nSPS) is 21.9. The largest absolute Gasteiger partial charge is 0.417 e. The van der Waals surface area contributed by atoms with Crippen LogP contribution in [0.5, 0.6) is 0 Å². The molecule has 1 heterocycles. The molecule has 0 aromatic rings. The smallest absolute Gasteiger partial charge is 0.191 e. The van der Waals surface area contributed by atoms with Crippen LogP contribution in [0.1, 0.15) is 79.6 Å². The van der Waals surface area contributed by atoms with Gasteiger partial charge in [0.15, 0.2) is 14.1 Å². The van der Waals surface area contributed by atoms with Crippen molar-refractivity contribution in [1.82, 2.24) is 0 Å². The predicted octanol–water partition coefficient (Wildman–Crippen LogP) is 5.81. The first-order valence-electron chi connectivity index (χ1n) is 10.8. The lowest BCUT2D eigenvalue weighted by molar-refractivity contribution is -0.133. The van der Waals surface area contributed by atoms with Gasteiger partial charge >= 0.3 is 0 Å². The van der Waals surface area contributed by atoms with Crippen molar-refractivity contribution in [2.45, 2.75) is 116 Å². The van der Waals surface area contributed by atoms with Gasteiger partial charge in [-0.2, -0.15) is 0 Å². The Morgan fingerprint density at radius 2 is 1.70 bits per heavy atom. The Morgan fingerprint density at radius 1 is 1.11 bits per heavy atom. The van der Waals surface area contributed by atoms with Crippen LogP contribution >= 0.6 is 0 Å². The minimum Gasteiger partial charge on any atom is -0.417 e. The second-order valence-electron chi connectivity index (χ2n) is 9.84. The van der Waals surface area contributed by atoms with Crippen LogP contribution in [-0.4, -0.2) is 44.6 Å². The molecule has 0 aromatic heterocycles. The predicted molar refractivity (Wildman–Crippen MR) is 116 cm³/mol. The molecule has 2 atom stereocenters. The van der Waals surface area contributed by atoms with Gasteiger partial charge in [-0.1, -0.05) is 65.0 Å². The topological polar surface area (TPSA) is 47.9 Å². The number of ether oxygens (including phenoxy) is 2. The fraction of sp³-hybridized carbons (Fsp3) is 0.909. The SMILES string of the molecule is CC1(C)OC[C@H](/C=C/C(O)CCCCCCCCO[Si](C)(C)C(C)(C)C)O1. The molecule has 1 aliphatic rings. The van der Waals surface area contributed by atoms with Crippen molar-refractivity contribution in [2.24, 2.45) is 0 Å². The van der Waals surface area contributed by atoms with E-state index in [1.807, 2.05) is 26.0 Å². The molecular formula is C22H44O4Si. The molecule has 5 heteroatoms. The fourth-order valence-corrected chi connectivity index (χ4v) is 3.95. The Bertz CT molecular complexity index is 440. The summed E-state index contributed by atoms with van der Waals surface area (Å²) in [6.45, 7) is 16.8. The zero-order valence-electron chi connectivity index (χ0n) is 18.8. The van der Waals surface area contributed by atoms with Crippen molar-refractivity contribution in [3.8, 4) is 0 Å². The quantitative estimate of drug-likeness (QED) is 0.255. The lowest BCUT2D eigenvalue weighted by Crippen LogP contribution is -2.40. The minimum atomic E-state index is -1.58. The third-order valence-electron chi connectivity index (χ3n) is 5.74. The van der Waals surface area contributed by atoms with Crippen LogP contribution in [0, 0.1) is 0 Å².